The normalized spacial score (nSPS) is 14.6. The highest BCUT2D eigenvalue weighted by Gasteiger charge is 2.17. The van der Waals surface area contributed by atoms with Crippen molar-refractivity contribution in [2.75, 3.05) is 0 Å². The molecule has 0 N–H and O–H groups in total. The predicted molar refractivity (Wildman–Crippen MR) is 43.5 cm³/mol. The van der Waals surface area contributed by atoms with Gasteiger partial charge in [0, 0.05) is 12.6 Å². The van der Waals surface area contributed by atoms with Gasteiger partial charge in [-0.2, -0.15) is 0 Å². The van der Waals surface area contributed by atoms with Crippen LogP contribution in [0.3, 0.4) is 0 Å². The van der Waals surface area contributed by atoms with Crippen LogP contribution in [-0.4, -0.2) is 12.0 Å². The summed E-state index contributed by atoms with van der Waals surface area (Å²) in [5.74, 6) is -0.674. The minimum Gasteiger partial charge on any atom is -0.294 e. The van der Waals surface area contributed by atoms with Gasteiger partial charge in [0.05, 0.1) is 11.3 Å². The molecule has 0 saturated carbocycles. The number of rotatable bonds is 0. The second-order valence-corrected chi connectivity index (χ2v) is 2.57. The summed E-state index contributed by atoms with van der Waals surface area (Å²) in [6, 6.07) is 4.45. The molecule has 0 aliphatic carbocycles. The van der Waals surface area contributed by atoms with Gasteiger partial charge < -0.3 is 0 Å². The van der Waals surface area contributed by atoms with Crippen LogP contribution in [0.5, 0.6) is 0 Å². The zero-order valence-electron chi connectivity index (χ0n) is 6.25. The Morgan fingerprint density at radius 1 is 1.42 bits per heavy atom. The molecule has 1 aromatic carbocycles. The number of Topliss-reactive ketones (excluding diaryl/α,β-unsaturated/α-hetero) is 1. The molecule has 60 valence electrons. The largest absolute Gasteiger partial charge is 0.294 e. The van der Waals surface area contributed by atoms with Crippen molar-refractivity contribution in [1.29, 1.82) is 0 Å². The number of fused-ring (bicyclic) bond motifs is 1. The molecule has 3 heteroatoms. The van der Waals surface area contributed by atoms with Crippen molar-refractivity contribution in [2.24, 2.45) is 4.99 Å². The lowest BCUT2D eigenvalue weighted by Crippen LogP contribution is -2.06. The minimum atomic E-state index is -0.477. The third kappa shape index (κ3) is 0.942. The third-order valence-corrected chi connectivity index (χ3v) is 1.78. The number of carbonyl (C=O) groups is 1. The molecule has 0 aromatic heterocycles. The lowest BCUT2D eigenvalue weighted by atomic mass is 10.0. The maximum atomic E-state index is 13.0. The van der Waals surface area contributed by atoms with Crippen molar-refractivity contribution in [2.45, 2.75) is 6.42 Å². The Kier molecular flexibility index (Phi) is 1.50. The molecular weight excluding hydrogens is 157 g/mol. The Hall–Kier alpha value is -1.51. The van der Waals surface area contributed by atoms with Gasteiger partial charge in [0.1, 0.15) is 5.82 Å². The number of aliphatic imine (C=N–C) groups is 1. The third-order valence-electron chi connectivity index (χ3n) is 1.78. The van der Waals surface area contributed by atoms with Crippen LogP contribution in [0.1, 0.15) is 16.8 Å². The summed E-state index contributed by atoms with van der Waals surface area (Å²) < 4.78 is 13.0. The standard InChI is InChI=1S/C9H6FNO/c10-6-2-1-3-7-9(6)8(12)4-5-11-7/h1-3,5H,4H2. The molecule has 1 heterocycles. The molecule has 0 fully saturated rings. The number of ketones is 1. The van der Waals surface area contributed by atoms with Crippen LogP contribution in [-0.2, 0) is 0 Å². The molecule has 0 amide bonds. The smallest absolute Gasteiger partial charge is 0.173 e. The summed E-state index contributed by atoms with van der Waals surface area (Å²) in [6.07, 6.45) is 1.71. The average molecular weight is 163 g/mol. The van der Waals surface area contributed by atoms with Crippen molar-refractivity contribution in [3.63, 3.8) is 0 Å². The van der Waals surface area contributed by atoms with Gasteiger partial charge in [0.2, 0.25) is 0 Å². The van der Waals surface area contributed by atoms with Crippen LogP contribution < -0.4 is 0 Å². The fourth-order valence-electron chi connectivity index (χ4n) is 1.23. The lowest BCUT2D eigenvalue weighted by molar-refractivity contribution is 0.0997. The van der Waals surface area contributed by atoms with Gasteiger partial charge in [-0.3, -0.25) is 9.79 Å². The fraction of sp³-hybridized carbons (Fsp3) is 0.111. The van der Waals surface area contributed by atoms with Gasteiger partial charge >= 0.3 is 0 Å². The van der Waals surface area contributed by atoms with Gasteiger partial charge in [-0.25, -0.2) is 4.39 Å². The van der Waals surface area contributed by atoms with E-state index in [1.807, 2.05) is 0 Å². The summed E-state index contributed by atoms with van der Waals surface area (Å²) in [5, 5.41) is 0. The molecule has 1 aliphatic rings. The van der Waals surface area contributed by atoms with E-state index in [9.17, 15) is 9.18 Å². The Morgan fingerprint density at radius 3 is 3.00 bits per heavy atom. The molecule has 1 aliphatic heterocycles. The van der Waals surface area contributed by atoms with E-state index in [0.717, 1.165) is 0 Å². The van der Waals surface area contributed by atoms with E-state index in [-0.39, 0.29) is 17.8 Å². The van der Waals surface area contributed by atoms with Crippen LogP contribution in [0.15, 0.2) is 23.2 Å². The molecule has 0 atom stereocenters. The summed E-state index contributed by atoms with van der Waals surface area (Å²) in [6.45, 7) is 0. The van der Waals surface area contributed by atoms with Crippen molar-refractivity contribution in [3.8, 4) is 0 Å². The van der Waals surface area contributed by atoms with E-state index in [2.05, 4.69) is 4.99 Å². The zero-order chi connectivity index (χ0) is 8.55. The van der Waals surface area contributed by atoms with E-state index < -0.39 is 5.82 Å². The van der Waals surface area contributed by atoms with Gasteiger partial charge in [-0.15, -0.1) is 0 Å². The second kappa shape index (κ2) is 2.52. The van der Waals surface area contributed by atoms with Crippen LogP contribution in [0.4, 0.5) is 10.1 Å². The Morgan fingerprint density at radius 2 is 2.25 bits per heavy atom. The van der Waals surface area contributed by atoms with Gasteiger partial charge in [0.25, 0.3) is 0 Å². The number of benzene rings is 1. The fourth-order valence-corrected chi connectivity index (χ4v) is 1.23. The van der Waals surface area contributed by atoms with Crippen molar-refractivity contribution in [1.82, 2.24) is 0 Å². The molecule has 1 aromatic rings. The second-order valence-electron chi connectivity index (χ2n) is 2.57. The summed E-state index contributed by atoms with van der Waals surface area (Å²) in [4.78, 5) is 15.1. The van der Waals surface area contributed by atoms with E-state index in [0.29, 0.717) is 5.69 Å². The van der Waals surface area contributed by atoms with Crippen LogP contribution in [0.2, 0.25) is 0 Å². The van der Waals surface area contributed by atoms with Crippen LogP contribution in [0, 0.1) is 5.82 Å². The van der Waals surface area contributed by atoms with Gasteiger partial charge in [0.15, 0.2) is 5.78 Å². The molecule has 0 bridgehead atoms. The number of nitrogens with zero attached hydrogens (tertiary/aromatic N) is 1. The number of hydrogen-bond acceptors (Lipinski definition) is 2. The van der Waals surface area contributed by atoms with E-state index in [1.165, 1.54) is 12.3 Å². The SMILES string of the molecule is O=C1CC=Nc2cccc(F)c21. The van der Waals surface area contributed by atoms with Gasteiger partial charge in [-0.05, 0) is 12.1 Å². The first kappa shape index (κ1) is 7.16. The predicted octanol–water partition coefficient (Wildman–Crippen LogP) is 2.11. The molecule has 12 heavy (non-hydrogen) atoms. The molecular formula is C9H6FNO. The Bertz CT molecular complexity index is 371. The maximum Gasteiger partial charge on any atom is 0.173 e. The first-order valence-corrected chi connectivity index (χ1v) is 3.63. The van der Waals surface area contributed by atoms with Gasteiger partial charge in [-0.1, -0.05) is 6.07 Å². The average Bonchev–Trinajstić information content (AvgIpc) is 2.04. The Labute approximate surface area is 68.7 Å². The molecule has 0 saturated heterocycles. The molecule has 0 spiro atoms. The Balaban J connectivity index is 2.70. The summed E-state index contributed by atoms with van der Waals surface area (Å²) in [5.41, 5.74) is 0.561. The highest BCUT2D eigenvalue weighted by atomic mass is 19.1. The van der Waals surface area contributed by atoms with E-state index >= 15 is 0 Å². The molecule has 0 radical (unpaired) electrons. The summed E-state index contributed by atoms with van der Waals surface area (Å²) >= 11 is 0. The summed E-state index contributed by atoms with van der Waals surface area (Å²) in [7, 11) is 0. The van der Waals surface area contributed by atoms with Crippen molar-refractivity contribution < 1.29 is 9.18 Å². The maximum absolute atomic E-state index is 13.0. The zero-order valence-corrected chi connectivity index (χ0v) is 6.25. The lowest BCUT2D eigenvalue weighted by Gasteiger charge is -2.07. The van der Waals surface area contributed by atoms with Crippen molar-refractivity contribution >= 4 is 17.7 Å². The minimum absolute atomic E-state index is 0.125. The highest BCUT2D eigenvalue weighted by Crippen LogP contribution is 2.25. The first-order chi connectivity index (χ1) is 5.79. The van der Waals surface area contributed by atoms with E-state index in [1.54, 1.807) is 12.1 Å². The monoisotopic (exact) mass is 163 g/mol. The number of hydrogen-bond donors (Lipinski definition) is 0. The molecule has 0 unspecified atom stereocenters. The van der Waals surface area contributed by atoms with Crippen LogP contribution >= 0.6 is 0 Å². The molecule has 2 rings (SSSR count). The van der Waals surface area contributed by atoms with E-state index in [4.69, 9.17) is 0 Å². The quantitative estimate of drug-likeness (QED) is 0.576. The van der Waals surface area contributed by atoms with Crippen molar-refractivity contribution in [3.05, 3.63) is 29.6 Å². The van der Waals surface area contributed by atoms with Crippen LogP contribution in [0.25, 0.3) is 0 Å². The number of carbonyl (C=O) groups excluding carboxylic acids is 1. The molecule has 2 nitrogen and oxygen atoms in total. The highest BCUT2D eigenvalue weighted by molar-refractivity contribution is 6.10. The topological polar surface area (TPSA) is 29.4 Å². The number of halogens is 1. The first-order valence-electron chi connectivity index (χ1n) is 3.63.